The summed E-state index contributed by atoms with van der Waals surface area (Å²) in [7, 11) is 0. The lowest BCUT2D eigenvalue weighted by Gasteiger charge is -2.58. The molecule has 4 aliphatic rings. The number of fused-ring (bicyclic) bond motifs is 5. The summed E-state index contributed by atoms with van der Waals surface area (Å²) < 4.78 is 5.92. The minimum atomic E-state index is -1.65. The van der Waals surface area contributed by atoms with Crippen LogP contribution < -0.4 is 11.1 Å². The first-order valence-electron chi connectivity index (χ1n) is 14.8. The van der Waals surface area contributed by atoms with Gasteiger partial charge in [-0.05, 0) is 112 Å². The molecule has 0 aromatic carbocycles. The van der Waals surface area contributed by atoms with Crippen LogP contribution in [0, 0.1) is 28.6 Å². The van der Waals surface area contributed by atoms with Crippen LogP contribution in [-0.4, -0.2) is 40.5 Å². The number of nitrogens with one attached hydrogen (secondary N) is 1. The molecule has 3 N–H and O–H groups in total. The lowest BCUT2D eigenvalue weighted by Crippen LogP contribution is -2.58. The Kier molecular flexibility index (Phi) is 7.20. The molecule has 1 heterocycles. The maximum absolute atomic E-state index is 13.0. The van der Waals surface area contributed by atoms with Crippen molar-refractivity contribution < 1.29 is 14.3 Å². The van der Waals surface area contributed by atoms with Crippen molar-refractivity contribution >= 4 is 17.3 Å². The van der Waals surface area contributed by atoms with Gasteiger partial charge >= 0.3 is 5.97 Å². The number of ether oxygens (including phenoxy) is 1. The summed E-state index contributed by atoms with van der Waals surface area (Å²) in [5.41, 5.74) is 8.89. The van der Waals surface area contributed by atoms with Crippen molar-refractivity contribution in [2.75, 3.05) is 6.54 Å². The van der Waals surface area contributed by atoms with Gasteiger partial charge in [-0.3, -0.25) is 9.78 Å². The molecule has 39 heavy (non-hydrogen) atoms. The molecule has 2 fully saturated rings. The molecule has 0 spiro atoms. The van der Waals surface area contributed by atoms with Gasteiger partial charge in [-0.15, -0.1) is 0 Å². The van der Waals surface area contributed by atoms with E-state index in [1.807, 2.05) is 39.2 Å². The number of rotatable bonds is 6. The van der Waals surface area contributed by atoms with Crippen molar-refractivity contribution in [1.82, 2.24) is 10.3 Å². The number of nitrogens with zero attached hydrogens (tertiary/aromatic N) is 1. The molecule has 0 radical (unpaired) electrons. The number of aromatic nitrogens is 1. The molecule has 5 rings (SSSR count). The Morgan fingerprint density at radius 2 is 1.82 bits per heavy atom. The highest BCUT2D eigenvalue weighted by atomic mass is 16.5. The first kappa shape index (κ1) is 28.2. The fourth-order valence-corrected chi connectivity index (χ4v) is 8.18. The maximum Gasteiger partial charge on any atom is 0.333 e. The summed E-state index contributed by atoms with van der Waals surface area (Å²) in [6.45, 7) is 12.4. The number of carbonyl (C=O) groups is 2. The zero-order chi connectivity index (χ0) is 28.2. The molecule has 1 aromatic rings. The molecule has 0 saturated heterocycles. The largest absolute Gasteiger partial charge is 0.460 e. The standard InChI is InChI=1S/C33H47N3O3/c1-30(2,3)36-20-28(37)33(6,34)29(38)39-23-13-15-31(4)22(18-23)9-10-24-26-12-11-25(21-8-7-17-35-19-21)32(26,5)16-14-27(24)31/h7-9,11,17,19,23-24,26-27,36H,10,12-16,18,20,34H2,1-6H3. The molecule has 1 aromatic heterocycles. The molecular formula is C33H47N3O3. The van der Waals surface area contributed by atoms with Gasteiger partial charge in [0.1, 0.15) is 6.10 Å². The van der Waals surface area contributed by atoms with Crippen LogP contribution in [0.4, 0.5) is 0 Å². The molecule has 0 bridgehead atoms. The van der Waals surface area contributed by atoms with E-state index >= 15 is 0 Å². The van der Waals surface area contributed by atoms with Crippen LogP contribution in [0.5, 0.6) is 0 Å². The molecular weight excluding hydrogens is 486 g/mol. The minimum absolute atomic E-state index is 0.0417. The molecule has 2 saturated carbocycles. The van der Waals surface area contributed by atoms with E-state index in [1.54, 1.807) is 0 Å². The summed E-state index contributed by atoms with van der Waals surface area (Å²) in [5.74, 6) is 1.02. The summed E-state index contributed by atoms with van der Waals surface area (Å²) in [6.07, 6.45) is 15.9. The van der Waals surface area contributed by atoms with Crippen LogP contribution in [-0.2, 0) is 14.3 Å². The number of Topliss-reactive ketones (excluding diaryl/α,β-unsaturated/α-hetero) is 1. The van der Waals surface area contributed by atoms with Crippen LogP contribution in [0.25, 0.3) is 5.57 Å². The van der Waals surface area contributed by atoms with Crippen LogP contribution in [0.3, 0.4) is 0 Å². The molecule has 0 aliphatic heterocycles. The fourth-order valence-electron chi connectivity index (χ4n) is 8.18. The molecule has 6 nitrogen and oxygen atoms in total. The zero-order valence-corrected chi connectivity index (χ0v) is 24.7. The normalized spacial score (nSPS) is 35.5. The van der Waals surface area contributed by atoms with Crippen LogP contribution in [0.2, 0.25) is 0 Å². The molecule has 7 atom stereocenters. The van der Waals surface area contributed by atoms with E-state index in [9.17, 15) is 9.59 Å². The van der Waals surface area contributed by atoms with E-state index in [0.717, 1.165) is 32.1 Å². The lowest BCUT2D eigenvalue weighted by molar-refractivity contribution is -0.159. The predicted molar refractivity (Wildman–Crippen MR) is 155 cm³/mol. The Balaban J connectivity index is 1.26. The second-order valence-electron chi connectivity index (χ2n) is 14.3. The second-order valence-corrected chi connectivity index (χ2v) is 14.3. The van der Waals surface area contributed by atoms with Gasteiger partial charge in [0, 0.05) is 24.4 Å². The molecule has 6 heteroatoms. The number of allylic oxidation sites excluding steroid dienone is 3. The van der Waals surface area contributed by atoms with E-state index in [4.69, 9.17) is 10.5 Å². The Bertz CT molecular complexity index is 1180. The molecule has 0 amide bonds. The second kappa shape index (κ2) is 9.95. The number of hydrogen-bond donors (Lipinski definition) is 2. The average molecular weight is 534 g/mol. The fraction of sp³-hybridized carbons (Fsp3) is 0.667. The third kappa shape index (κ3) is 5.04. The van der Waals surface area contributed by atoms with E-state index < -0.39 is 11.5 Å². The maximum atomic E-state index is 13.0. The number of hydrogen-bond acceptors (Lipinski definition) is 6. The number of ketones is 1. The third-order valence-corrected chi connectivity index (χ3v) is 10.7. The van der Waals surface area contributed by atoms with Crippen LogP contribution in [0.15, 0.2) is 42.3 Å². The number of pyridine rings is 1. The predicted octanol–water partition coefficient (Wildman–Crippen LogP) is 5.62. The van der Waals surface area contributed by atoms with Crippen LogP contribution >= 0.6 is 0 Å². The van der Waals surface area contributed by atoms with Crippen LogP contribution in [0.1, 0.15) is 92.1 Å². The van der Waals surface area contributed by atoms with E-state index in [0.29, 0.717) is 17.8 Å². The summed E-state index contributed by atoms with van der Waals surface area (Å²) in [5, 5.41) is 3.13. The highest BCUT2D eigenvalue weighted by Gasteiger charge is 2.57. The zero-order valence-electron chi connectivity index (χ0n) is 24.7. The summed E-state index contributed by atoms with van der Waals surface area (Å²) in [4.78, 5) is 30.2. The number of carbonyl (C=O) groups excluding carboxylic acids is 2. The molecule has 212 valence electrons. The Morgan fingerprint density at radius 1 is 1.08 bits per heavy atom. The molecule has 7 unspecified atom stereocenters. The Labute approximate surface area is 234 Å². The van der Waals surface area contributed by atoms with Gasteiger partial charge in [0.05, 0.1) is 6.54 Å². The first-order chi connectivity index (χ1) is 18.3. The highest BCUT2D eigenvalue weighted by Crippen LogP contribution is 2.66. The van der Waals surface area contributed by atoms with Crippen molar-refractivity contribution in [1.29, 1.82) is 0 Å². The number of esters is 1. The Hall–Kier alpha value is -2.31. The monoisotopic (exact) mass is 533 g/mol. The van der Waals surface area contributed by atoms with Gasteiger partial charge in [-0.1, -0.05) is 37.6 Å². The topological polar surface area (TPSA) is 94.3 Å². The van der Waals surface area contributed by atoms with Crippen molar-refractivity contribution in [3.63, 3.8) is 0 Å². The quantitative estimate of drug-likeness (QED) is 0.280. The van der Waals surface area contributed by atoms with Gasteiger partial charge in [-0.2, -0.15) is 0 Å². The smallest absolute Gasteiger partial charge is 0.333 e. The summed E-state index contributed by atoms with van der Waals surface area (Å²) >= 11 is 0. The van der Waals surface area contributed by atoms with Crippen molar-refractivity contribution in [3.05, 3.63) is 47.8 Å². The van der Waals surface area contributed by atoms with Gasteiger partial charge in [-0.25, -0.2) is 4.79 Å². The van der Waals surface area contributed by atoms with Crippen molar-refractivity contribution in [3.8, 4) is 0 Å². The van der Waals surface area contributed by atoms with Crippen molar-refractivity contribution in [2.45, 2.75) is 104 Å². The summed E-state index contributed by atoms with van der Waals surface area (Å²) in [6, 6.07) is 4.26. The Morgan fingerprint density at radius 3 is 2.51 bits per heavy atom. The minimum Gasteiger partial charge on any atom is -0.460 e. The van der Waals surface area contributed by atoms with E-state index in [1.165, 1.54) is 36.5 Å². The first-order valence-corrected chi connectivity index (χ1v) is 14.8. The van der Waals surface area contributed by atoms with Crippen molar-refractivity contribution in [2.24, 2.45) is 34.3 Å². The van der Waals surface area contributed by atoms with Gasteiger partial charge < -0.3 is 15.8 Å². The van der Waals surface area contributed by atoms with Gasteiger partial charge in [0.15, 0.2) is 11.3 Å². The third-order valence-electron chi connectivity index (χ3n) is 10.7. The molecule has 4 aliphatic carbocycles. The highest BCUT2D eigenvalue weighted by molar-refractivity contribution is 6.08. The lowest BCUT2D eigenvalue weighted by atomic mass is 9.47. The average Bonchev–Trinajstić information content (AvgIpc) is 3.24. The number of nitrogens with two attached hydrogens (primary N) is 1. The van der Waals surface area contributed by atoms with E-state index in [-0.39, 0.29) is 34.8 Å². The SMILES string of the molecule is CC(C)(C)NCC(=O)C(C)(N)C(=O)OC1CCC2(C)C(=CCC3C2CCC2(C)C(c4cccnc4)=CCC32)C1. The van der Waals surface area contributed by atoms with Gasteiger partial charge in [0.25, 0.3) is 0 Å². The van der Waals surface area contributed by atoms with Gasteiger partial charge in [0.2, 0.25) is 0 Å². The van der Waals surface area contributed by atoms with E-state index in [2.05, 4.69) is 42.4 Å².